The quantitative estimate of drug-likeness (QED) is 0.638. The Kier molecular flexibility index (Phi) is 6.91. The molecule has 2 atom stereocenters. The summed E-state index contributed by atoms with van der Waals surface area (Å²) in [6.45, 7) is 5.22. The topological polar surface area (TPSA) is 106 Å². The van der Waals surface area contributed by atoms with Crippen molar-refractivity contribution in [3.8, 4) is 0 Å². The molecule has 0 aliphatic carbocycles. The van der Waals surface area contributed by atoms with Crippen LogP contribution in [0.3, 0.4) is 0 Å². The van der Waals surface area contributed by atoms with E-state index in [2.05, 4.69) is 16.0 Å². The highest BCUT2D eigenvalue weighted by Gasteiger charge is 2.22. The number of nitrogens with one attached hydrogen (secondary N) is 3. The summed E-state index contributed by atoms with van der Waals surface area (Å²) in [5.41, 5.74) is 0.943. The van der Waals surface area contributed by atoms with E-state index in [0.29, 0.717) is 24.4 Å². The predicted molar refractivity (Wildman–Crippen MR) is 91.2 cm³/mol. The minimum Gasteiger partial charge on any atom is -0.464 e. The summed E-state index contributed by atoms with van der Waals surface area (Å²) in [5.74, 6) is -1.11. The Hall–Kier alpha value is -2.45. The molecule has 1 heterocycles. The van der Waals surface area contributed by atoms with Crippen LogP contribution in [0, 0.1) is 0 Å². The van der Waals surface area contributed by atoms with Gasteiger partial charge in [0.25, 0.3) is 11.8 Å². The number of hydrogen-bond donors (Lipinski definition) is 3. The highest BCUT2D eigenvalue weighted by molar-refractivity contribution is 5.98. The SMILES string of the molecule is CCOC(=O)C(C)NC(=O)c1ccc(NC(=O)C2CNCCO2)cc1. The number of carbonyl (C=O) groups excluding carboxylic acids is 3. The number of anilines is 1. The van der Waals surface area contributed by atoms with Gasteiger partial charge in [-0.25, -0.2) is 4.79 Å². The number of carbonyl (C=O) groups is 3. The molecule has 2 amide bonds. The molecule has 2 unspecified atom stereocenters. The average Bonchev–Trinajstić information content (AvgIpc) is 2.63. The molecule has 0 bridgehead atoms. The molecule has 1 fully saturated rings. The number of esters is 1. The fraction of sp³-hybridized carbons (Fsp3) is 0.471. The Morgan fingerprint density at radius 2 is 2.04 bits per heavy atom. The molecular formula is C17H23N3O5. The summed E-state index contributed by atoms with van der Waals surface area (Å²) < 4.78 is 10.2. The number of hydrogen-bond acceptors (Lipinski definition) is 6. The van der Waals surface area contributed by atoms with Crippen LogP contribution in [0.25, 0.3) is 0 Å². The summed E-state index contributed by atoms with van der Waals surface area (Å²) in [6, 6.07) is 5.66. The van der Waals surface area contributed by atoms with Gasteiger partial charge in [-0.05, 0) is 38.1 Å². The lowest BCUT2D eigenvalue weighted by Crippen LogP contribution is -2.45. The van der Waals surface area contributed by atoms with Gasteiger partial charge in [0.05, 0.1) is 13.2 Å². The van der Waals surface area contributed by atoms with Crippen molar-refractivity contribution in [2.45, 2.75) is 26.0 Å². The highest BCUT2D eigenvalue weighted by atomic mass is 16.5. The number of benzene rings is 1. The molecule has 136 valence electrons. The third kappa shape index (κ3) is 5.54. The average molecular weight is 349 g/mol. The van der Waals surface area contributed by atoms with Crippen molar-refractivity contribution < 1.29 is 23.9 Å². The maximum atomic E-state index is 12.1. The van der Waals surface area contributed by atoms with Crippen LogP contribution < -0.4 is 16.0 Å². The van der Waals surface area contributed by atoms with Crippen molar-refractivity contribution in [2.24, 2.45) is 0 Å². The van der Waals surface area contributed by atoms with Gasteiger partial charge in [0, 0.05) is 24.3 Å². The summed E-state index contributed by atoms with van der Waals surface area (Å²) in [7, 11) is 0. The maximum absolute atomic E-state index is 12.1. The number of morpholine rings is 1. The number of ether oxygens (including phenoxy) is 2. The van der Waals surface area contributed by atoms with Gasteiger partial charge in [0.2, 0.25) is 0 Å². The molecule has 0 radical (unpaired) electrons. The van der Waals surface area contributed by atoms with Gasteiger partial charge in [-0.15, -0.1) is 0 Å². The normalized spacial score (nSPS) is 18.1. The van der Waals surface area contributed by atoms with Crippen LogP contribution in [0.2, 0.25) is 0 Å². The smallest absolute Gasteiger partial charge is 0.328 e. The van der Waals surface area contributed by atoms with E-state index in [0.717, 1.165) is 6.54 Å². The van der Waals surface area contributed by atoms with Gasteiger partial charge < -0.3 is 25.4 Å². The third-order valence-corrected chi connectivity index (χ3v) is 3.62. The molecule has 8 heteroatoms. The van der Waals surface area contributed by atoms with E-state index in [-0.39, 0.29) is 12.5 Å². The Morgan fingerprint density at radius 3 is 2.64 bits per heavy atom. The van der Waals surface area contributed by atoms with Crippen LogP contribution in [0.5, 0.6) is 0 Å². The zero-order chi connectivity index (χ0) is 18.2. The first-order valence-electron chi connectivity index (χ1n) is 8.22. The molecule has 0 aromatic heterocycles. The van der Waals surface area contributed by atoms with E-state index in [1.54, 1.807) is 38.1 Å². The van der Waals surface area contributed by atoms with E-state index in [1.807, 2.05) is 0 Å². The minimum atomic E-state index is -0.734. The molecule has 25 heavy (non-hydrogen) atoms. The summed E-state index contributed by atoms with van der Waals surface area (Å²) in [6.07, 6.45) is -0.526. The van der Waals surface area contributed by atoms with Crippen molar-refractivity contribution >= 4 is 23.5 Å². The standard InChI is InChI=1S/C17H23N3O5/c1-3-24-17(23)11(2)19-15(21)12-4-6-13(7-5-12)20-16(22)14-10-18-8-9-25-14/h4-7,11,14,18H,3,8-10H2,1-2H3,(H,19,21)(H,20,22). The van der Waals surface area contributed by atoms with E-state index in [4.69, 9.17) is 9.47 Å². The molecule has 1 aromatic rings. The molecule has 3 N–H and O–H groups in total. The molecule has 1 aliphatic rings. The molecule has 0 saturated carbocycles. The van der Waals surface area contributed by atoms with Crippen LogP contribution in [-0.2, 0) is 19.1 Å². The fourth-order valence-electron chi connectivity index (χ4n) is 2.27. The second-order valence-electron chi connectivity index (χ2n) is 5.58. The molecule has 1 saturated heterocycles. The Labute approximate surface area is 146 Å². The number of amides is 2. The van der Waals surface area contributed by atoms with Crippen LogP contribution >= 0.6 is 0 Å². The summed E-state index contributed by atoms with van der Waals surface area (Å²) in [5, 5.41) is 8.39. The van der Waals surface area contributed by atoms with Crippen LogP contribution in [0.1, 0.15) is 24.2 Å². The van der Waals surface area contributed by atoms with Crippen LogP contribution in [-0.4, -0.2) is 56.2 Å². The lowest BCUT2D eigenvalue weighted by atomic mass is 10.1. The molecule has 8 nitrogen and oxygen atoms in total. The third-order valence-electron chi connectivity index (χ3n) is 3.62. The van der Waals surface area contributed by atoms with Crippen LogP contribution in [0.4, 0.5) is 5.69 Å². The summed E-state index contributed by atoms with van der Waals surface area (Å²) in [4.78, 5) is 35.7. The monoisotopic (exact) mass is 349 g/mol. The fourth-order valence-corrected chi connectivity index (χ4v) is 2.27. The lowest BCUT2D eigenvalue weighted by molar-refractivity contribution is -0.144. The first-order valence-corrected chi connectivity index (χ1v) is 8.22. The second-order valence-corrected chi connectivity index (χ2v) is 5.58. The van der Waals surface area contributed by atoms with E-state index in [1.165, 1.54) is 0 Å². The zero-order valence-corrected chi connectivity index (χ0v) is 14.3. The molecule has 1 aliphatic heterocycles. The lowest BCUT2D eigenvalue weighted by Gasteiger charge is -2.22. The Bertz CT molecular complexity index is 611. The van der Waals surface area contributed by atoms with E-state index < -0.39 is 24.0 Å². The maximum Gasteiger partial charge on any atom is 0.328 e. The first-order chi connectivity index (χ1) is 12.0. The Morgan fingerprint density at radius 1 is 1.32 bits per heavy atom. The van der Waals surface area contributed by atoms with Gasteiger partial charge in [-0.1, -0.05) is 0 Å². The van der Waals surface area contributed by atoms with Crippen molar-refractivity contribution in [3.63, 3.8) is 0 Å². The molecular weight excluding hydrogens is 326 g/mol. The van der Waals surface area contributed by atoms with E-state index >= 15 is 0 Å². The largest absolute Gasteiger partial charge is 0.464 e. The van der Waals surface area contributed by atoms with Gasteiger partial charge in [-0.2, -0.15) is 0 Å². The molecule has 1 aromatic carbocycles. The van der Waals surface area contributed by atoms with Crippen molar-refractivity contribution in [1.82, 2.24) is 10.6 Å². The first kappa shape index (κ1) is 18.9. The van der Waals surface area contributed by atoms with Crippen molar-refractivity contribution in [3.05, 3.63) is 29.8 Å². The van der Waals surface area contributed by atoms with Crippen molar-refractivity contribution in [2.75, 3.05) is 31.6 Å². The molecule has 0 spiro atoms. The number of rotatable bonds is 6. The van der Waals surface area contributed by atoms with E-state index in [9.17, 15) is 14.4 Å². The second kappa shape index (κ2) is 9.14. The predicted octanol–water partition coefficient (Wildman–Crippen LogP) is 0.295. The minimum absolute atomic E-state index is 0.236. The van der Waals surface area contributed by atoms with Gasteiger partial charge in [0.15, 0.2) is 0 Å². The molecule has 2 rings (SSSR count). The van der Waals surface area contributed by atoms with Crippen molar-refractivity contribution in [1.29, 1.82) is 0 Å². The van der Waals surface area contributed by atoms with Gasteiger partial charge in [0.1, 0.15) is 12.1 Å². The Balaban J connectivity index is 1.89. The highest BCUT2D eigenvalue weighted by Crippen LogP contribution is 2.11. The zero-order valence-electron chi connectivity index (χ0n) is 14.3. The van der Waals surface area contributed by atoms with Crippen LogP contribution in [0.15, 0.2) is 24.3 Å². The summed E-state index contributed by atoms with van der Waals surface area (Å²) >= 11 is 0. The van der Waals surface area contributed by atoms with Gasteiger partial charge in [-0.3, -0.25) is 9.59 Å². The van der Waals surface area contributed by atoms with Gasteiger partial charge >= 0.3 is 5.97 Å².